The van der Waals surface area contributed by atoms with Gasteiger partial charge in [0, 0.05) is 78.5 Å². The summed E-state index contributed by atoms with van der Waals surface area (Å²) in [5, 5.41) is 32.3. The van der Waals surface area contributed by atoms with Gasteiger partial charge in [-0.25, -0.2) is 0 Å². The minimum absolute atomic E-state index is 0. The van der Waals surface area contributed by atoms with Crippen LogP contribution in [-0.4, -0.2) is 57.1 Å². The van der Waals surface area contributed by atoms with E-state index in [4.69, 9.17) is 20.4 Å². The van der Waals surface area contributed by atoms with Gasteiger partial charge in [0.25, 0.3) is 0 Å². The van der Waals surface area contributed by atoms with Crippen LogP contribution < -0.4 is 0 Å². The molecule has 10 heteroatoms. The fourth-order valence-corrected chi connectivity index (χ4v) is 1.39. The number of carbonyl (C=O) groups is 4. The number of aliphatic carboxylic acids is 2. The summed E-state index contributed by atoms with van der Waals surface area (Å²) in [7, 11) is 0. The van der Waals surface area contributed by atoms with Crippen LogP contribution in [0.5, 0.6) is 0 Å². The first-order valence-electron chi connectivity index (χ1n) is 9.85. The van der Waals surface area contributed by atoms with Crippen molar-refractivity contribution in [1.82, 2.24) is 0 Å². The van der Waals surface area contributed by atoms with E-state index in [1.54, 1.807) is 0 Å². The molecule has 0 unspecified atom stereocenters. The number of rotatable bonds is 12. The second kappa shape index (κ2) is 39.4. The maximum absolute atomic E-state index is 10.5. The van der Waals surface area contributed by atoms with E-state index in [9.17, 15) is 19.2 Å². The van der Waals surface area contributed by atoms with E-state index in [1.165, 1.54) is 0 Å². The Balaban J connectivity index is -0.0000000649. The minimum Gasteiger partial charge on any atom is -0.481 e. The first-order valence-corrected chi connectivity index (χ1v) is 9.85. The van der Waals surface area contributed by atoms with Crippen molar-refractivity contribution in [3.8, 4) is 0 Å². The van der Waals surface area contributed by atoms with Crippen LogP contribution in [0, 0.1) is 0 Å². The molecule has 0 aliphatic carbocycles. The third-order valence-electron chi connectivity index (χ3n) is 2.78. The van der Waals surface area contributed by atoms with Crippen LogP contribution in [0.15, 0.2) is 0 Å². The Bertz CT molecular complexity index is 351. The summed E-state index contributed by atoms with van der Waals surface area (Å²) in [6.45, 7) is 8.49. The Morgan fingerprint density at radius 2 is 0.833 bits per heavy atom. The summed E-state index contributed by atoms with van der Waals surface area (Å²) >= 11 is 0. The van der Waals surface area contributed by atoms with Gasteiger partial charge in [-0.15, -0.1) is 0 Å². The molecular formula is C20H40O8Zr2. The fourth-order valence-electron chi connectivity index (χ4n) is 1.39. The van der Waals surface area contributed by atoms with E-state index < -0.39 is 11.9 Å². The van der Waals surface area contributed by atoms with E-state index in [2.05, 4.69) is 13.8 Å². The van der Waals surface area contributed by atoms with Gasteiger partial charge in [0.15, 0.2) is 0 Å². The first kappa shape index (κ1) is 43.8. The average Bonchev–Trinajstić information content (AvgIpc) is 2.57. The summed E-state index contributed by atoms with van der Waals surface area (Å²) in [5.41, 5.74) is 0. The van der Waals surface area contributed by atoms with Crippen LogP contribution in [0.4, 0.5) is 0 Å². The topological polar surface area (TPSA) is 149 Å². The largest absolute Gasteiger partial charge is 0.481 e. The van der Waals surface area contributed by atoms with Gasteiger partial charge in [-0.05, 0) is 25.7 Å². The Labute approximate surface area is 219 Å². The molecule has 0 aromatic carbocycles. The molecule has 0 saturated carbocycles. The van der Waals surface area contributed by atoms with Crippen LogP contribution >= 0.6 is 0 Å². The predicted octanol–water partition coefficient (Wildman–Crippen LogP) is 3.21. The number of aliphatic hydroxyl groups excluding tert-OH is 2. The van der Waals surface area contributed by atoms with Gasteiger partial charge < -0.3 is 20.4 Å². The molecule has 176 valence electrons. The molecule has 0 saturated heterocycles. The number of hydrogen-bond acceptors (Lipinski definition) is 6. The quantitative estimate of drug-likeness (QED) is 0.253. The molecule has 0 bridgehead atoms. The number of ketones is 2. The van der Waals surface area contributed by atoms with Gasteiger partial charge in [0.1, 0.15) is 24.4 Å². The average molecular weight is 591 g/mol. The number of carboxylic acids is 2. The van der Waals surface area contributed by atoms with Crippen molar-refractivity contribution in [1.29, 1.82) is 0 Å². The molecule has 0 fully saturated rings. The molecule has 0 atom stereocenters. The molecule has 0 radical (unpaired) electrons. The molecule has 0 rings (SSSR count). The molecular weight excluding hydrogens is 551 g/mol. The number of aliphatic hydroxyl groups is 2. The molecule has 0 aliphatic heterocycles. The van der Waals surface area contributed by atoms with Crippen molar-refractivity contribution in [2.45, 2.75) is 91.9 Å². The van der Waals surface area contributed by atoms with E-state index in [0.717, 1.165) is 38.5 Å². The Hall–Kier alpha value is -0.0338. The van der Waals surface area contributed by atoms with E-state index >= 15 is 0 Å². The Kier molecular flexibility index (Phi) is 57.6. The maximum Gasteiger partial charge on any atom is 0.310 e. The fraction of sp³-hybridized carbons (Fsp3) is 0.800. The second-order valence-corrected chi connectivity index (χ2v) is 5.87. The van der Waals surface area contributed by atoms with E-state index in [0.29, 0.717) is 26.1 Å². The third-order valence-corrected chi connectivity index (χ3v) is 2.78. The van der Waals surface area contributed by atoms with Crippen molar-refractivity contribution >= 4 is 23.5 Å². The molecule has 8 nitrogen and oxygen atoms in total. The summed E-state index contributed by atoms with van der Waals surface area (Å²) in [6, 6.07) is 0. The van der Waals surface area contributed by atoms with Crippen LogP contribution in [0.2, 0.25) is 0 Å². The number of carboxylic acid groups (broad SMARTS) is 2. The molecule has 0 aromatic rings. The summed E-state index contributed by atoms with van der Waals surface area (Å²) in [5.74, 6) is -2.45. The van der Waals surface area contributed by atoms with Gasteiger partial charge >= 0.3 is 11.9 Å². The minimum atomic E-state index is -1.03. The van der Waals surface area contributed by atoms with Crippen molar-refractivity contribution in [3.63, 3.8) is 0 Å². The van der Waals surface area contributed by atoms with Crippen LogP contribution in [0.3, 0.4) is 0 Å². The van der Waals surface area contributed by atoms with Crippen molar-refractivity contribution in [2.24, 2.45) is 0 Å². The van der Waals surface area contributed by atoms with Gasteiger partial charge in [-0.3, -0.25) is 19.2 Å². The molecule has 0 heterocycles. The normalized spacial score (nSPS) is 8.20. The summed E-state index contributed by atoms with van der Waals surface area (Å²) in [6.07, 6.45) is 5.64. The number of carbonyl (C=O) groups excluding carboxylic acids is 2. The Morgan fingerprint density at radius 1 is 0.567 bits per heavy atom. The number of unbranched alkanes of at least 4 members (excludes halogenated alkanes) is 2. The van der Waals surface area contributed by atoms with Gasteiger partial charge in [-0.2, -0.15) is 0 Å². The van der Waals surface area contributed by atoms with Crippen molar-refractivity contribution in [2.75, 3.05) is 13.2 Å². The van der Waals surface area contributed by atoms with Gasteiger partial charge in [0.2, 0.25) is 0 Å². The third kappa shape index (κ3) is 63.0. The number of Topliss-reactive ketones (excluding diaryl/α,β-unsaturated/α-hetero) is 2. The molecule has 0 aromatic heterocycles. The van der Waals surface area contributed by atoms with Crippen LogP contribution in [-0.2, 0) is 71.6 Å². The zero-order valence-corrected chi connectivity index (χ0v) is 23.8. The summed E-state index contributed by atoms with van der Waals surface area (Å²) < 4.78 is 0. The molecule has 0 aliphatic rings. The predicted molar refractivity (Wildman–Crippen MR) is 108 cm³/mol. The van der Waals surface area contributed by atoms with E-state index in [-0.39, 0.29) is 76.8 Å². The molecule has 0 spiro atoms. The van der Waals surface area contributed by atoms with Crippen LogP contribution in [0.25, 0.3) is 0 Å². The molecule has 30 heavy (non-hydrogen) atoms. The molecule has 0 amide bonds. The van der Waals surface area contributed by atoms with Crippen molar-refractivity contribution < 1.29 is 92.0 Å². The van der Waals surface area contributed by atoms with Gasteiger partial charge in [0.05, 0.1) is 0 Å². The second-order valence-electron chi connectivity index (χ2n) is 5.87. The van der Waals surface area contributed by atoms with Crippen molar-refractivity contribution in [3.05, 3.63) is 0 Å². The number of hydrogen-bond donors (Lipinski definition) is 4. The maximum atomic E-state index is 10.5. The standard InChI is InChI=1S/2C6H10O3.2C4H10O.2Zr/c2*1-2-3-5(7)4-6(8)9;2*1-2-3-4-5;;/h2*2-4H2,1H3,(H,8,9);2*5H,2-4H2,1H3;;. The first-order chi connectivity index (χ1) is 13.2. The monoisotopic (exact) mass is 588 g/mol. The van der Waals surface area contributed by atoms with Gasteiger partial charge in [-0.1, -0.05) is 40.5 Å². The zero-order chi connectivity index (χ0) is 22.8. The van der Waals surface area contributed by atoms with E-state index in [1.807, 2.05) is 13.8 Å². The summed E-state index contributed by atoms with van der Waals surface area (Å²) in [4.78, 5) is 40.7. The SMILES string of the molecule is CCCC(=O)CC(=O)O.CCCC(=O)CC(=O)O.CCCCO.CCCCO.[Zr].[Zr]. The Morgan fingerprint density at radius 3 is 0.933 bits per heavy atom. The van der Waals surface area contributed by atoms with Crippen LogP contribution in [0.1, 0.15) is 91.9 Å². The zero-order valence-electron chi connectivity index (χ0n) is 18.9. The smallest absolute Gasteiger partial charge is 0.310 e. The molecule has 4 N–H and O–H groups in total.